The molecule has 0 fully saturated rings. The summed E-state index contributed by atoms with van der Waals surface area (Å²) in [6, 6.07) is 9.68. The maximum atomic E-state index is 9.97. The standard InChI is InChI=1S/C8H8O.C2H7N/c9-7-6-8-4-2-1-3-5-8;1-3-2/h1-5,7H,6H2;3H,1-2H3. The van der Waals surface area contributed by atoms with Crippen molar-refractivity contribution >= 4 is 6.29 Å². The minimum atomic E-state index is 0.529. The number of carbonyl (C=O) groups excluding carboxylic acids is 1. The van der Waals surface area contributed by atoms with E-state index in [0.717, 1.165) is 11.8 Å². The van der Waals surface area contributed by atoms with E-state index in [1.807, 2.05) is 44.4 Å². The van der Waals surface area contributed by atoms with Crippen molar-refractivity contribution in [1.82, 2.24) is 5.32 Å². The molecule has 1 aromatic carbocycles. The second-order valence-corrected chi connectivity index (χ2v) is 2.36. The number of carbonyl (C=O) groups is 1. The van der Waals surface area contributed by atoms with Gasteiger partial charge in [-0.25, -0.2) is 0 Å². The second kappa shape index (κ2) is 7.95. The van der Waals surface area contributed by atoms with E-state index in [4.69, 9.17) is 0 Å². The topological polar surface area (TPSA) is 29.1 Å². The van der Waals surface area contributed by atoms with Gasteiger partial charge in [0.2, 0.25) is 0 Å². The Hall–Kier alpha value is -1.15. The molecule has 0 aliphatic rings. The van der Waals surface area contributed by atoms with E-state index in [1.165, 1.54) is 0 Å². The van der Waals surface area contributed by atoms with Crippen LogP contribution in [0.15, 0.2) is 30.3 Å². The SMILES string of the molecule is CNC.O=CCc1ccccc1. The van der Waals surface area contributed by atoms with Gasteiger partial charge in [-0.3, -0.25) is 0 Å². The first-order valence-corrected chi connectivity index (χ1v) is 3.91. The third kappa shape index (κ3) is 5.62. The van der Waals surface area contributed by atoms with Crippen LogP contribution in [0.5, 0.6) is 0 Å². The molecule has 2 nitrogen and oxygen atoms in total. The van der Waals surface area contributed by atoms with Crippen molar-refractivity contribution in [3.63, 3.8) is 0 Å². The van der Waals surface area contributed by atoms with Gasteiger partial charge in [-0.1, -0.05) is 30.3 Å². The van der Waals surface area contributed by atoms with Crippen LogP contribution in [-0.2, 0) is 11.2 Å². The Morgan fingerprint density at radius 1 is 1.25 bits per heavy atom. The molecule has 0 atom stereocenters. The highest BCUT2D eigenvalue weighted by atomic mass is 16.1. The fourth-order valence-electron chi connectivity index (χ4n) is 0.710. The smallest absolute Gasteiger partial charge is 0.124 e. The second-order valence-electron chi connectivity index (χ2n) is 2.36. The van der Waals surface area contributed by atoms with Crippen LogP contribution in [-0.4, -0.2) is 20.4 Å². The summed E-state index contributed by atoms with van der Waals surface area (Å²) in [5.74, 6) is 0. The lowest BCUT2D eigenvalue weighted by molar-refractivity contribution is -0.107. The first-order valence-electron chi connectivity index (χ1n) is 3.91. The summed E-state index contributed by atoms with van der Waals surface area (Å²) >= 11 is 0. The number of aldehydes is 1. The third-order valence-electron chi connectivity index (χ3n) is 1.16. The molecule has 0 aliphatic heterocycles. The van der Waals surface area contributed by atoms with Gasteiger partial charge in [-0.2, -0.15) is 0 Å². The first-order chi connectivity index (χ1) is 5.85. The van der Waals surface area contributed by atoms with Crippen LogP contribution in [0.3, 0.4) is 0 Å². The van der Waals surface area contributed by atoms with Crippen molar-refractivity contribution in [1.29, 1.82) is 0 Å². The summed E-state index contributed by atoms with van der Waals surface area (Å²) in [5.41, 5.74) is 1.08. The van der Waals surface area contributed by atoms with Gasteiger partial charge in [0.25, 0.3) is 0 Å². The lowest BCUT2D eigenvalue weighted by Crippen LogP contribution is -1.89. The summed E-state index contributed by atoms with van der Waals surface area (Å²) in [6.07, 6.45) is 1.44. The van der Waals surface area contributed by atoms with E-state index in [9.17, 15) is 4.79 Å². The number of hydrogen-bond acceptors (Lipinski definition) is 2. The van der Waals surface area contributed by atoms with E-state index in [2.05, 4.69) is 5.32 Å². The monoisotopic (exact) mass is 165 g/mol. The molecule has 2 heteroatoms. The van der Waals surface area contributed by atoms with Gasteiger partial charge in [-0.05, 0) is 19.7 Å². The number of benzene rings is 1. The molecule has 1 aromatic rings. The van der Waals surface area contributed by atoms with Crippen LogP contribution >= 0.6 is 0 Å². The molecular weight excluding hydrogens is 150 g/mol. The minimum Gasteiger partial charge on any atom is -0.323 e. The zero-order valence-electron chi connectivity index (χ0n) is 7.58. The molecule has 0 aromatic heterocycles. The van der Waals surface area contributed by atoms with Crippen molar-refractivity contribution in [2.24, 2.45) is 0 Å². The largest absolute Gasteiger partial charge is 0.323 e. The number of hydrogen-bond donors (Lipinski definition) is 1. The molecule has 0 aliphatic carbocycles. The average molecular weight is 165 g/mol. The molecule has 0 heterocycles. The lowest BCUT2D eigenvalue weighted by atomic mass is 10.2. The summed E-state index contributed by atoms with van der Waals surface area (Å²) in [7, 11) is 3.75. The summed E-state index contributed by atoms with van der Waals surface area (Å²) in [5, 5.41) is 2.75. The Bertz CT molecular complexity index is 196. The molecule has 0 saturated carbocycles. The number of nitrogens with one attached hydrogen (secondary N) is 1. The van der Waals surface area contributed by atoms with Crippen LogP contribution in [0.2, 0.25) is 0 Å². The quantitative estimate of drug-likeness (QED) is 0.668. The van der Waals surface area contributed by atoms with Crippen LogP contribution in [0.1, 0.15) is 5.56 Å². The van der Waals surface area contributed by atoms with Gasteiger partial charge in [0.1, 0.15) is 6.29 Å². The van der Waals surface area contributed by atoms with Crippen molar-refractivity contribution in [2.75, 3.05) is 14.1 Å². The van der Waals surface area contributed by atoms with Crippen LogP contribution in [0.25, 0.3) is 0 Å². The molecule has 0 radical (unpaired) electrons. The van der Waals surface area contributed by atoms with Crippen LogP contribution in [0, 0.1) is 0 Å². The van der Waals surface area contributed by atoms with Crippen molar-refractivity contribution in [3.8, 4) is 0 Å². The molecule has 12 heavy (non-hydrogen) atoms. The highest BCUT2D eigenvalue weighted by Crippen LogP contribution is 1.96. The van der Waals surface area contributed by atoms with Gasteiger partial charge in [0.15, 0.2) is 0 Å². The Labute approximate surface area is 73.6 Å². The lowest BCUT2D eigenvalue weighted by Gasteiger charge is -1.89. The molecule has 0 unspecified atom stereocenters. The molecule has 0 saturated heterocycles. The van der Waals surface area contributed by atoms with Gasteiger partial charge < -0.3 is 10.1 Å². The minimum absolute atomic E-state index is 0.529. The molecular formula is C10H15NO. The molecule has 0 amide bonds. The van der Waals surface area contributed by atoms with Crippen LogP contribution < -0.4 is 5.32 Å². The molecule has 0 spiro atoms. The predicted molar refractivity (Wildman–Crippen MR) is 51.2 cm³/mol. The van der Waals surface area contributed by atoms with E-state index in [-0.39, 0.29) is 0 Å². The van der Waals surface area contributed by atoms with Gasteiger partial charge in [0, 0.05) is 6.42 Å². The van der Waals surface area contributed by atoms with Gasteiger partial charge in [0.05, 0.1) is 0 Å². The maximum Gasteiger partial charge on any atom is 0.124 e. The molecule has 1 N–H and O–H groups in total. The predicted octanol–water partition coefficient (Wildman–Crippen LogP) is 1.26. The fourth-order valence-corrected chi connectivity index (χ4v) is 0.710. The normalized spacial score (nSPS) is 8.17. The van der Waals surface area contributed by atoms with Gasteiger partial charge >= 0.3 is 0 Å². The maximum absolute atomic E-state index is 9.97. The van der Waals surface area contributed by atoms with Crippen molar-refractivity contribution in [2.45, 2.75) is 6.42 Å². The number of rotatable bonds is 2. The van der Waals surface area contributed by atoms with E-state index in [0.29, 0.717) is 6.42 Å². The first kappa shape index (κ1) is 10.8. The Balaban J connectivity index is 0.000000354. The summed E-state index contributed by atoms with van der Waals surface area (Å²) in [6.45, 7) is 0. The molecule has 1 rings (SSSR count). The van der Waals surface area contributed by atoms with Crippen molar-refractivity contribution in [3.05, 3.63) is 35.9 Å². The Kier molecular flexibility index (Phi) is 7.19. The van der Waals surface area contributed by atoms with Crippen molar-refractivity contribution < 1.29 is 4.79 Å². The van der Waals surface area contributed by atoms with E-state index < -0.39 is 0 Å². The zero-order chi connectivity index (χ0) is 9.23. The van der Waals surface area contributed by atoms with Gasteiger partial charge in [-0.15, -0.1) is 0 Å². The Morgan fingerprint density at radius 2 is 1.75 bits per heavy atom. The summed E-state index contributed by atoms with van der Waals surface area (Å²) < 4.78 is 0. The van der Waals surface area contributed by atoms with E-state index in [1.54, 1.807) is 0 Å². The zero-order valence-corrected chi connectivity index (χ0v) is 7.58. The highest BCUT2D eigenvalue weighted by Gasteiger charge is 1.84. The fraction of sp³-hybridized carbons (Fsp3) is 0.300. The average Bonchev–Trinajstić information content (AvgIpc) is 2.08. The highest BCUT2D eigenvalue weighted by molar-refractivity contribution is 5.54. The molecule has 0 bridgehead atoms. The Morgan fingerprint density at radius 3 is 2.17 bits per heavy atom. The molecule has 66 valence electrons. The third-order valence-corrected chi connectivity index (χ3v) is 1.16. The van der Waals surface area contributed by atoms with Crippen LogP contribution in [0.4, 0.5) is 0 Å². The summed E-state index contributed by atoms with van der Waals surface area (Å²) in [4.78, 5) is 9.97. The van der Waals surface area contributed by atoms with E-state index >= 15 is 0 Å².